The highest BCUT2D eigenvalue weighted by Crippen LogP contribution is 2.62. The number of hydrogen-bond donors (Lipinski definition) is 0. The molecule has 12 aromatic carbocycles. The summed E-state index contributed by atoms with van der Waals surface area (Å²) in [7, 11) is 0. The fraction of sp³-hybridized carbons (Fsp3) is 0.0789. The summed E-state index contributed by atoms with van der Waals surface area (Å²) in [6, 6.07) is 92.4. The number of fused-ring (bicyclic) bond motifs is 15. The molecule has 0 aliphatic heterocycles. The first kappa shape index (κ1) is 46.2. The molecule has 4 heteroatoms. The van der Waals surface area contributed by atoms with Gasteiger partial charge in [0.2, 0.25) is 0 Å². The zero-order chi connectivity index (χ0) is 53.4. The maximum Gasteiger partial charge on any atom is 0.159 e. The average Bonchev–Trinajstić information content (AvgIpc) is 4.14. The first-order valence-electron chi connectivity index (χ1n) is 27.8. The van der Waals surface area contributed by atoms with E-state index in [1.807, 2.05) is 0 Å². The van der Waals surface area contributed by atoms with Gasteiger partial charge < -0.3 is 18.6 Å². The van der Waals surface area contributed by atoms with Crippen LogP contribution in [0, 0.1) is 0 Å². The van der Waals surface area contributed by atoms with Crippen molar-refractivity contribution in [1.29, 1.82) is 0 Å². The summed E-state index contributed by atoms with van der Waals surface area (Å²) in [6.45, 7) is 9.79. The molecule has 0 spiro atoms. The van der Waals surface area contributed by atoms with Crippen LogP contribution in [0.5, 0.6) is 0 Å². The normalized spacial score (nSPS) is 13.7. The van der Waals surface area contributed by atoms with Gasteiger partial charge in [-0.15, -0.1) is 0 Å². The Morgan fingerprint density at radius 1 is 0.275 bits per heavy atom. The number of furan rings is 2. The molecular weight excluding hydrogens is 973 g/mol. The van der Waals surface area contributed by atoms with Crippen LogP contribution in [0.3, 0.4) is 0 Å². The minimum absolute atomic E-state index is 0.353. The largest absolute Gasteiger partial charge is 0.453 e. The van der Waals surface area contributed by atoms with Crippen molar-refractivity contribution < 1.29 is 8.83 Å². The van der Waals surface area contributed by atoms with Crippen LogP contribution in [0.1, 0.15) is 49.9 Å². The van der Waals surface area contributed by atoms with Crippen molar-refractivity contribution in [3.05, 3.63) is 277 Å². The van der Waals surface area contributed by atoms with Gasteiger partial charge in [0.15, 0.2) is 11.2 Å². The predicted molar refractivity (Wildman–Crippen MR) is 334 cm³/mol. The van der Waals surface area contributed by atoms with Gasteiger partial charge >= 0.3 is 0 Å². The van der Waals surface area contributed by atoms with E-state index in [0.29, 0.717) is 0 Å². The molecule has 0 N–H and O–H groups in total. The van der Waals surface area contributed by atoms with Crippen molar-refractivity contribution >= 4 is 88.8 Å². The quantitative estimate of drug-likeness (QED) is 0.152. The van der Waals surface area contributed by atoms with E-state index in [0.717, 1.165) is 100 Å². The van der Waals surface area contributed by atoms with Gasteiger partial charge in [-0.1, -0.05) is 228 Å². The standard InChI is InChI=1S/C76H54N2O2/c1-75(2)63-45-51(77(49-27-13-7-14-28-49)65-39-21-37-60-58-35-19-33-52(71(58)79-73(60)65)47-23-9-5-10-24-47)41-42-54(63)57-43-44-62-68-56-32-18-17-31-55(56)67(46-64(68)76(3,4)70(62)69(57)75)78(50-29-15-8-16-30-50)66-40-22-38-61-59-36-20-34-53(72(59)80-74(61)66)48-25-11-6-12-26-48/h5-46H,1-4H3. The summed E-state index contributed by atoms with van der Waals surface area (Å²) < 4.78 is 14.3. The number of anilines is 6. The van der Waals surface area contributed by atoms with Crippen molar-refractivity contribution in [1.82, 2.24) is 0 Å². The van der Waals surface area contributed by atoms with E-state index >= 15 is 0 Å². The Labute approximate surface area is 465 Å². The molecular formula is C76H54N2O2. The lowest BCUT2D eigenvalue weighted by atomic mass is 9.72. The molecule has 0 saturated carbocycles. The van der Waals surface area contributed by atoms with Gasteiger partial charge in [-0.3, -0.25) is 0 Å². The summed E-state index contributed by atoms with van der Waals surface area (Å²) >= 11 is 0. The number of benzene rings is 12. The Bertz CT molecular complexity index is 4820. The molecule has 380 valence electrons. The molecule has 2 aliphatic carbocycles. The van der Waals surface area contributed by atoms with Crippen LogP contribution >= 0.6 is 0 Å². The van der Waals surface area contributed by atoms with Crippen LogP contribution in [0.15, 0.2) is 264 Å². The van der Waals surface area contributed by atoms with E-state index in [2.05, 4.69) is 292 Å². The molecule has 0 saturated heterocycles. The molecule has 2 aliphatic rings. The van der Waals surface area contributed by atoms with Crippen molar-refractivity contribution in [2.45, 2.75) is 38.5 Å². The van der Waals surface area contributed by atoms with E-state index in [1.54, 1.807) is 0 Å². The number of rotatable bonds is 8. The first-order valence-corrected chi connectivity index (χ1v) is 27.8. The highest BCUT2D eigenvalue weighted by atomic mass is 16.3. The Hall–Kier alpha value is -9.90. The maximum absolute atomic E-state index is 7.17. The third kappa shape index (κ3) is 6.63. The highest BCUT2D eigenvalue weighted by molar-refractivity contribution is 6.17. The van der Waals surface area contributed by atoms with Crippen LogP contribution < -0.4 is 9.80 Å². The highest BCUT2D eigenvalue weighted by Gasteiger charge is 2.47. The summed E-state index contributed by atoms with van der Waals surface area (Å²) in [5, 5.41) is 6.81. The summed E-state index contributed by atoms with van der Waals surface area (Å²) in [6.07, 6.45) is 0. The lowest BCUT2D eigenvalue weighted by molar-refractivity contribution is 0.601. The lowest BCUT2D eigenvalue weighted by Gasteiger charge is -2.32. The Morgan fingerprint density at radius 3 is 1.27 bits per heavy atom. The van der Waals surface area contributed by atoms with E-state index in [4.69, 9.17) is 8.83 Å². The van der Waals surface area contributed by atoms with Crippen LogP contribution in [-0.4, -0.2) is 0 Å². The molecule has 2 aromatic heterocycles. The minimum Gasteiger partial charge on any atom is -0.453 e. The zero-order valence-electron chi connectivity index (χ0n) is 45.0. The number of para-hydroxylation sites is 6. The zero-order valence-corrected chi connectivity index (χ0v) is 45.0. The van der Waals surface area contributed by atoms with E-state index < -0.39 is 0 Å². The monoisotopic (exact) mass is 1030 g/mol. The van der Waals surface area contributed by atoms with Gasteiger partial charge in [0.1, 0.15) is 11.2 Å². The third-order valence-corrected chi connectivity index (χ3v) is 17.6. The second kappa shape index (κ2) is 17.3. The summed E-state index contributed by atoms with van der Waals surface area (Å²) in [4.78, 5) is 4.82. The number of hydrogen-bond acceptors (Lipinski definition) is 4. The molecule has 0 amide bonds. The molecule has 0 radical (unpaired) electrons. The SMILES string of the molecule is CC1(C)c2cc(N(c3ccccc3)c3cccc4c3oc3c(-c5ccccc5)cccc34)ccc2-c2ccc3c(c21)C(C)(C)c1cc(N(c2ccccc2)c2cccc4c2oc2c(-c5ccccc5)cccc24)c2ccccc2c1-3. The van der Waals surface area contributed by atoms with Gasteiger partial charge in [-0.05, 0) is 116 Å². The van der Waals surface area contributed by atoms with Crippen LogP contribution in [0.25, 0.3) is 99.2 Å². The van der Waals surface area contributed by atoms with E-state index in [1.165, 1.54) is 55.3 Å². The fourth-order valence-corrected chi connectivity index (χ4v) is 14.0. The van der Waals surface area contributed by atoms with Crippen molar-refractivity contribution in [2.75, 3.05) is 9.80 Å². The Kier molecular flexibility index (Phi) is 9.99. The fourth-order valence-electron chi connectivity index (χ4n) is 14.0. The van der Waals surface area contributed by atoms with Gasteiger partial charge in [-0.2, -0.15) is 0 Å². The molecule has 80 heavy (non-hydrogen) atoms. The maximum atomic E-state index is 7.17. The molecule has 4 nitrogen and oxygen atoms in total. The van der Waals surface area contributed by atoms with Crippen molar-refractivity contribution in [3.8, 4) is 44.5 Å². The molecule has 0 atom stereocenters. The Balaban J connectivity index is 0.854. The lowest BCUT2D eigenvalue weighted by Crippen LogP contribution is -2.24. The Morgan fingerprint density at radius 2 is 0.700 bits per heavy atom. The second-order valence-corrected chi connectivity index (χ2v) is 22.7. The molecule has 0 fully saturated rings. The number of nitrogens with zero attached hydrogens (tertiary/aromatic N) is 2. The molecule has 16 rings (SSSR count). The molecule has 14 aromatic rings. The van der Waals surface area contributed by atoms with E-state index in [-0.39, 0.29) is 10.8 Å². The second-order valence-electron chi connectivity index (χ2n) is 22.7. The first-order chi connectivity index (χ1) is 39.2. The smallest absolute Gasteiger partial charge is 0.159 e. The van der Waals surface area contributed by atoms with Crippen molar-refractivity contribution in [3.63, 3.8) is 0 Å². The average molecular weight is 1030 g/mol. The predicted octanol–water partition coefficient (Wildman–Crippen LogP) is 21.5. The van der Waals surface area contributed by atoms with Gasteiger partial charge in [-0.25, -0.2) is 0 Å². The van der Waals surface area contributed by atoms with Gasteiger partial charge in [0.05, 0.1) is 17.1 Å². The minimum atomic E-state index is -0.374. The topological polar surface area (TPSA) is 32.8 Å². The molecule has 0 bridgehead atoms. The molecule has 2 heterocycles. The van der Waals surface area contributed by atoms with Gasteiger partial charge in [0.25, 0.3) is 0 Å². The van der Waals surface area contributed by atoms with E-state index in [9.17, 15) is 0 Å². The molecule has 0 unspecified atom stereocenters. The van der Waals surface area contributed by atoms with Crippen LogP contribution in [0.2, 0.25) is 0 Å². The third-order valence-electron chi connectivity index (χ3n) is 17.6. The summed E-state index contributed by atoms with van der Waals surface area (Å²) in [5.74, 6) is 0. The van der Waals surface area contributed by atoms with Crippen molar-refractivity contribution in [2.24, 2.45) is 0 Å². The van der Waals surface area contributed by atoms with Gasteiger partial charge in [0, 0.05) is 66.0 Å². The van der Waals surface area contributed by atoms with Crippen LogP contribution in [0.4, 0.5) is 34.1 Å². The summed E-state index contributed by atoms with van der Waals surface area (Å²) in [5.41, 5.74) is 24.1. The van der Waals surface area contributed by atoms with Crippen LogP contribution in [-0.2, 0) is 10.8 Å².